The molecule has 4 rings (SSSR count). The van der Waals surface area contributed by atoms with Crippen LogP contribution in [0.4, 0.5) is 5.69 Å². The molecule has 1 aliphatic heterocycles. The Morgan fingerprint density at radius 1 is 0.955 bits per heavy atom. The van der Waals surface area contributed by atoms with E-state index in [1.807, 2.05) is 48.7 Å². The van der Waals surface area contributed by atoms with Gasteiger partial charge in [-0.3, -0.25) is 0 Å². The van der Waals surface area contributed by atoms with E-state index in [2.05, 4.69) is 10.3 Å². The predicted molar refractivity (Wildman–Crippen MR) is 82.2 cm³/mol. The third-order valence-electron chi connectivity index (χ3n) is 3.49. The number of nitrogens with zero attached hydrogens (tertiary/aromatic N) is 3. The van der Waals surface area contributed by atoms with E-state index in [-0.39, 0.29) is 0 Å². The smallest absolute Gasteiger partial charge is 0.162 e. The second-order valence-corrected chi connectivity index (χ2v) is 5.00. The molecule has 3 aromatic rings. The minimum absolute atomic E-state index is 0.564. The summed E-state index contributed by atoms with van der Waals surface area (Å²) in [7, 11) is 0. The highest BCUT2D eigenvalue weighted by Gasteiger charge is 2.14. The average Bonchev–Trinajstić information content (AvgIpc) is 3.05. The lowest BCUT2D eigenvalue weighted by molar-refractivity contribution is 0.171. The summed E-state index contributed by atoms with van der Waals surface area (Å²) in [5.41, 5.74) is 9.03. The van der Waals surface area contributed by atoms with Gasteiger partial charge in [0, 0.05) is 11.3 Å². The van der Waals surface area contributed by atoms with Gasteiger partial charge in [0.15, 0.2) is 11.5 Å². The Hall–Kier alpha value is -3.02. The van der Waals surface area contributed by atoms with E-state index in [0.717, 1.165) is 34.1 Å². The molecular weight excluding hydrogens is 280 g/mol. The van der Waals surface area contributed by atoms with Crippen molar-refractivity contribution in [3.05, 3.63) is 48.7 Å². The molecule has 6 heteroatoms. The molecule has 6 nitrogen and oxygen atoms in total. The lowest BCUT2D eigenvalue weighted by Gasteiger charge is -2.18. The second-order valence-electron chi connectivity index (χ2n) is 5.00. The summed E-state index contributed by atoms with van der Waals surface area (Å²) in [6.07, 6.45) is 1.87. The lowest BCUT2D eigenvalue weighted by Crippen LogP contribution is -2.15. The Bertz CT molecular complexity index is 811. The Kier molecular flexibility index (Phi) is 2.93. The highest BCUT2D eigenvalue weighted by Crippen LogP contribution is 2.33. The maximum atomic E-state index is 5.69. The molecule has 2 N–H and O–H groups in total. The monoisotopic (exact) mass is 294 g/mol. The van der Waals surface area contributed by atoms with Crippen LogP contribution >= 0.6 is 0 Å². The van der Waals surface area contributed by atoms with E-state index in [0.29, 0.717) is 13.2 Å². The molecule has 2 heterocycles. The van der Waals surface area contributed by atoms with Gasteiger partial charge in [-0.1, -0.05) is 5.21 Å². The first kappa shape index (κ1) is 12.7. The Morgan fingerprint density at radius 2 is 1.73 bits per heavy atom. The topological polar surface area (TPSA) is 75.2 Å². The van der Waals surface area contributed by atoms with E-state index in [1.165, 1.54) is 0 Å². The standard InChI is InChI=1S/C16H14N4O2/c17-12-2-4-13(5-3-12)20-10-14(18-19-20)11-1-6-15-16(9-11)22-8-7-21-15/h1-6,9-10H,7-8,17H2. The molecule has 0 spiro atoms. The first-order valence-electron chi connectivity index (χ1n) is 6.98. The number of nitrogens with two attached hydrogens (primary N) is 1. The zero-order chi connectivity index (χ0) is 14.9. The quantitative estimate of drug-likeness (QED) is 0.734. The van der Waals surface area contributed by atoms with E-state index >= 15 is 0 Å². The highest BCUT2D eigenvalue weighted by atomic mass is 16.6. The summed E-state index contributed by atoms with van der Waals surface area (Å²) in [4.78, 5) is 0. The van der Waals surface area contributed by atoms with E-state index in [1.54, 1.807) is 4.68 Å². The number of rotatable bonds is 2. The number of aromatic nitrogens is 3. The molecule has 0 saturated carbocycles. The Labute approximate surface area is 127 Å². The normalized spacial score (nSPS) is 13.1. The van der Waals surface area contributed by atoms with Crippen LogP contribution in [0.1, 0.15) is 0 Å². The van der Waals surface area contributed by atoms with Crippen molar-refractivity contribution < 1.29 is 9.47 Å². The molecule has 22 heavy (non-hydrogen) atoms. The van der Waals surface area contributed by atoms with Crippen molar-refractivity contribution in [1.29, 1.82) is 0 Å². The largest absolute Gasteiger partial charge is 0.486 e. The summed E-state index contributed by atoms with van der Waals surface area (Å²) < 4.78 is 12.8. The zero-order valence-electron chi connectivity index (χ0n) is 11.8. The fourth-order valence-electron chi connectivity index (χ4n) is 2.35. The molecule has 0 unspecified atom stereocenters. The van der Waals surface area contributed by atoms with Gasteiger partial charge in [-0.05, 0) is 42.5 Å². The molecule has 0 saturated heterocycles. The van der Waals surface area contributed by atoms with Gasteiger partial charge in [0.25, 0.3) is 0 Å². The van der Waals surface area contributed by atoms with Crippen LogP contribution in [-0.4, -0.2) is 28.2 Å². The fraction of sp³-hybridized carbons (Fsp3) is 0.125. The SMILES string of the molecule is Nc1ccc(-n2cc(-c3ccc4c(c3)OCCO4)nn2)cc1. The van der Waals surface area contributed by atoms with Crippen LogP contribution in [0.15, 0.2) is 48.7 Å². The van der Waals surface area contributed by atoms with Gasteiger partial charge in [-0.15, -0.1) is 5.10 Å². The van der Waals surface area contributed by atoms with Crippen molar-refractivity contribution in [3.8, 4) is 28.4 Å². The van der Waals surface area contributed by atoms with Gasteiger partial charge in [-0.2, -0.15) is 0 Å². The van der Waals surface area contributed by atoms with Crippen LogP contribution in [0.3, 0.4) is 0 Å². The molecule has 0 radical (unpaired) electrons. The van der Waals surface area contributed by atoms with Gasteiger partial charge in [0.05, 0.1) is 11.9 Å². The van der Waals surface area contributed by atoms with Crippen molar-refractivity contribution >= 4 is 5.69 Å². The minimum atomic E-state index is 0.564. The van der Waals surface area contributed by atoms with Gasteiger partial charge in [0.1, 0.15) is 18.9 Å². The molecule has 0 fully saturated rings. The van der Waals surface area contributed by atoms with Crippen molar-refractivity contribution in [3.63, 3.8) is 0 Å². The van der Waals surface area contributed by atoms with E-state index in [4.69, 9.17) is 15.2 Å². The van der Waals surface area contributed by atoms with Gasteiger partial charge in [0.2, 0.25) is 0 Å². The first-order chi connectivity index (χ1) is 10.8. The molecule has 0 atom stereocenters. The molecule has 1 aliphatic rings. The highest BCUT2D eigenvalue weighted by molar-refractivity contribution is 5.63. The summed E-state index contributed by atoms with van der Waals surface area (Å²) in [6.45, 7) is 1.15. The summed E-state index contributed by atoms with van der Waals surface area (Å²) in [5.74, 6) is 1.51. The van der Waals surface area contributed by atoms with Crippen molar-refractivity contribution in [1.82, 2.24) is 15.0 Å². The maximum absolute atomic E-state index is 5.69. The summed E-state index contributed by atoms with van der Waals surface area (Å²) >= 11 is 0. The van der Waals surface area contributed by atoms with Crippen LogP contribution in [0.25, 0.3) is 16.9 Å². The van der Waals surface area contributed by atoms with Crippen molar-refractivity contribution in [2.45, 2.75) is 0 Å². The molecule has 0 aliphatic carbocycles. The lowest BCUT2D eigenvalue weighted by atomic mass is 10.1. The van der Waals surface area contributed by atoms with Gasteiger partial charge < -0.3 is 15.2 Å². The van der Waals surface area contributed by atoms with Gasteiger partial charge in [-0.25, -0.2) is 4.68 Å². The number of hydrogen-bond acceptors (Lipinski definition) is 5. The molecular formula is C16H14N4O2. The van der Waals surface area contributed by atoms with Crippen LogP contribution in [0, 0.1) is 0 Å². The predicted octanol–water partition coefficient (Wildman–Crippen LogP) is 2.29. The van der Waals surface area contributed by atoms with Crippen molar-refractivity contribution in [2.24, 2.45) is 0 Å². The number of fused-ring (bicyclic) bond motifs is 1. The number of hydrogen-bond donors (Lipinski definition) is 1. The van der Waals surface area contributed by atoms with E-state index < -0.39 is 0 Å². The molecule has 0 amide bonds. The van der Waals surface area contributed by atoms with Crippen molar-refractivity contribution in [2.75, 3.05) is 18.9 Å². The first-order valence-corrected chi connectivity index (χ1v) is 6.98. The summed E-state index contributed by atoms with van der Waals surface area (Å²) in [6, 6.07) is 13.2. The Balaban J connectivity index is 1.68. The second kappa shape index (κ2) is 5.07. The van der Waals surface area contributed by atoms with Crippen LogP contribution in [0.5, 0.6) is 11.5 Å². The molecule has 110 valence electrons. The third-order valence-corrected chi connectivity index (χ3v) is 3.49. The molecule has 2 aromatic carbocycles. The fourth-order valence-corrected chi connectivity index (χ4v) is 2.35. The van der Waals surface area contributed by atoms with Crippen LogP contribution < -0.4 is 15.2 Å². The van der Waals surface area contributed by atoms with Crippen LogP contribution in [-0.2, 0) is 0 Å². The number of benzene rings is 2. The molecule has 0 bridgehead atoms. The molecule has 1 aromatic heterocycles. The third kappa shape index (κ3) is 2.24. The number of nitrogen functional groups attached to an aromatic ring is 1. The number of ether oxygens (including phenoxy) is 2. The van der Waals surface area contributed by atoms with Gasteiger partial charge >= 0.3 is 0 Å². The average molecular weight is 294 g/mol. The maximum Gasteiger partial charge on any atom is 0.162 e. The van der Waals surface area contributed by atoms with Crippen LogP contribution in [0.2, 0.25) is 0 Å². The minimum Gasteiger partial charge on any atom is -0.486 e. The van der Waals surface area contributed by atoms with E-state index in [9.17, 15) is 0 Å². The Morgan fingerprint density at radius 3 is 2.55 bits per heavy atom. The number of anilines is 1. The summed E-state index contributed by atoms with van der Waals surface area (Å²) in [5, 5.41) is 8.38. The zero-order valence-corrected chi connectivity index (χ0v) is 11.8.